The van der Waals surface area contributed by atoms with E-state index in [4.69, 9.17) is 0 Å². The van der Waals surface area contributed by atoms with E-state index in [0.717, 1.165) is 35.5 Å². The highest BCUT2D eigenvalue weighted by Crippen LogP contribution is 2.29. The molecule has 0 atom stereocenters. The first-order valence-corrected chi connectivity index (χ1v) is 7.70. The number of amides is 1. The summed E-state index contributed by atoms with van der Waals surface area (Å²) in [5.74, 6) is 0.489. The molecule has 0 saturated heterocycles. The van der Waals surface area contributed by atoms with Crippen LogP contribution in [-0.4, -0.2) is 22.4 Å². The highest BCUT2D eigenvalue weighted by atomic mass is 32.1. The average Bonchev–Trinajstić information content (AvgIpc) is 3.25. The minimum absolute atomic E-state index is 0.208. The topological polar surface area (TPSA) is 54.9 Å². The summed E-state index contributed by atoms with van der Waals surface area (Å²) in [4.78, 5) is 21.5. The maximum absolute atomic E-state index is 11.6. The van der Waals surface area contributed by atoms with Gasteiger partial charge in [0.2, 0.25) is 5.91 Å². The summed E-state index contributed by atoms with van der Waals surface area (Å²) in [6, 6.07) is 3.94. The van der Waals surface area contributed by atoms with Crippen molar-refractivity contribution in [3.05, 3.63) is 35.1 Å². The Kier molecular flexibility index (Phi) is 3.78. The molecule has 1 aliphatic rings. The zero-order chi connectivity index (χ0) is 13.9. The zero-order valence-electron chi connectivity index (χ0n) is 11.4. The van der Waals surface area contributed by atoms with E-state index in [2.05, 4.69) is 15.3 Å². The fourth-order valence-electron chi connectivity index (χ4n) is 2.06. The summed E-state index contributed by atoms with van der Waals surface area (Å²) in [6.07, 6.45) is 6.55. The van der Waals surface area contributed by atoms with E-state index in [9.17, 15) is 4.79 Å². The summed E-state index contributed by atoms with van der Waals surface area (Å²) in [6.45, 7) is 2.72. The standard InChI is InChI=1S/C15H17N3OS/c1-10-13(6-8-17-14(19)11-4-5-11)20-15(18-10)12-3-2-7-16-9-12/h2-3,7,9,11H,4-6,8H2,1H3,(H,17,19). The molecule has 2 aromatic heterocycles. The number of aryl methyl sites for hydroxylation is 1. The van der Waals surface area contributed by atoms with Gasteiger partial charge in [-0.15, -0.1) is 11.3 Å². The Morgan fingerprint density at radius 1 is 1.50 bits per heavy atom. The molecule has 1 aliphatic carbocycles. The van der Waals surface area contributed by atoms with E-state index >= 15 is 0 Å². The van der Waals surface area contributed by atoms with Gasteiger partial charge in [0.1, 0.15) is 5.01 Å². The first kappa shape index (κ1) is 13.2. The highest BCUT2D eigenvalue weighted by molar-refractivity contribution is 7.15. The Balaban J connectivity index is 1.62. The van der Waals surface area contributed by atoms with Gasteiger partial charge in [0, 0.05) is 41.7 Å². The summed E-state index contributed by atoms with van der Waals surface area (Å²) < 4.78 is 0. The van der Waals surface area contributed by atoms with E-state index in [0.29, 0.717) is 6.54 Å². The van der Waals surface area contributed by atoms with Gasteiger partial charge in [-0.05, 0) is 31.9 Å². The van der Waals surface area contributed by atoms with Crippen molar-refractivity contribution in [2.75, 3.05) is 6.54 Å². The number of aromatic nitrogens is 2. The minimum Gasteiger partial charge on any atom is -0.356 e. The largest absolute Gasteiger partial charge is 0.356 e. The van der Waals surface area contributed by atoms with Crippen molar-refractivity contribution in [1.29, 1.82) is 0 Å². The number of rotatable bonds is 5. The molecule has 0 bridgehead atoms. The molecule has 0 aromatic carbocycles. The van der Waals surface area contributed by atoms with Crippen molar-refractivity contribution in [3.63, 3.8) is 0 Å². The lowest BCUT2D eigenvalue weighted by molar-refractivity contribution is -0.122. The van der Waals surface area contributed by atoms with Crippen LogP contribution in [0.1, 0.15) is 23.4 Å². The van der Waals surface area contributed by atoms with Crippen LogP contribution in [0.4, 0.5) is 0 Å². The molecule has 0 unspecified atom stereocenters. The van der Waals surface area contributed by atoms with Crippen LogP contribution in [0.15, 0.2) is 24.5 Å². The van der Waals surface area contributed by atoms with Crippen LogP contribution in [0, 0.1) is 12.8 Å². The third-order valence-corrected chi connectivity index (χ3v) is 4.67. The molecular weight excluding hydrogens is 270 g/mol. The summed E-state index contributed by atoms with van der Waals surface area (Å²) in [5.41, 5.74) is 2.10. The number of pyridine rings is 1. The molecule has 0 aliphatic heterocycles. The monoisotopic (exact) mass is 287 g/mol. The molecule has 1 saturated carbocycles. The number of carbonyl (C=O) groups excluding carboxylic acids is 1. The molecule has 20 heavy (non-hydrogen) atoms. The van der Waals surface area contributed by atoms with Crippen molar-refractivity contribution in [1.82, 2.24) is 15.3 Å². The number of thiazole rings is 1. The first-order chi connectivity index (χ1) is 9.74. The van der Waals surface area contributed by atoms with Crippen LogP contribution in [-0.2, 0) is 11.2 Å². The Hall–Kier alpha value is -1.75. The van der Waals surface area contributed by atoms with E-state index < -0.39 is 0 Å². The summed E-state index contributed by atoms with van der Waals surface area (Å²) in [7, 11) is 0. The molecule has 1 fully saturated rings. The van der Waals surface area contributed by atoms with Crippen molar-refractivity contribution in [2.45, 2.75) is 26.2 Å². The minimum atomic E-state index is 0.208. The summed E-state index contributed by atoms with van der Waals surface area (Å²) in [5, 5.41) is 4.00. The second-order valence-electron chi connectivity index (χ2n) is 5.08. The van der Waals surface area contributed by atoms with E-state index in [-0.39, 0.29) is 11.8 Å². The van der Waals surface area contributed by atoms with E-state index in [1.54, 1.807) is 17.5 Å². The van der Waals surface area contributed by atoms with Crippen molar-refractivity contribution >= 4 is 17.2 Å². The second-order valence-corrected chi connectivity index (χ2v) is 6.17. The lowest BCUT2D eigenvalue weighted by Crippen LogP contribution is -2.26. The summed E-state index contributed by atoms with van der Waals surface area (Å²) >= 11 is 1.69. The number of nitrogens with one attached hydrogen (secondary N) is 1. The highest BCUT2D eigenvalue weighted by Gasteiger charge is 2.29. The van der Waals surface area contributed by atoms with Crippen LogP contribution < -0.4 is 5.32 Å². The molecule has 2 aromatic rings. The van der Waals surface area contributed by atoms with Gasteiger partial charge in [-0.3, -0.25) is 9.78 Å². The molecule has 4 nitrogen and oxygen atoms in total. The number of carbonyl (C=O) groups is 1. The Morgan fingerprint density at radius 2 is 2.35 bits per heavy atom. The van der Waals surface area contributed by atoms with Gasteiger partial charge in [0.15, 0.2) is 0 Å². The first-order valence-electron chi connectivity index (χ1n) is 6.88. The maximum atomic E-state index is 11.6. The molecular formula is C15H17N3OS. The lowest BCUT2D eigenvalue weighted by atomic mass is 10.3. The van der Waals surface area contributed by atoms with Crippen molar-refractivity contribution in [2.24, 2.45) is 5.92 Å². The number of hydrogen-bond donors (Lipinski definition) is 1. The third kappa shape index (κ3) is 3.04. The molecule has 0 spiro atoms. The predicted octanol–water partition coefficient (Wildman–Crippen LogP) is 2.58. The predicted molar refractivity (Wildman–Crippen MR) is 79.5 cm³/mol. The fourth-order valence-corrected chi connectivity index (χ4v) is 3.11. The van der Waals surface area contributed by atoms with Gasteiger partial charge in [0.05, 0.1) is 5.69 Å². The molecule has 3 rings (SSSR count). The van der Waals surface area contributed by atoms with Gasteiger partial charge in [-0.1, -0.05) is 0 Å². The van der Waals surface area contributed by atoms with Crippen LogP contribution in [0.2, 0.25) is 0 Å². The fraction of sp³-hybridized carbons (Fsp3) is 0.400. The Morgan fingerprint density at radius 3 is 3.05 bits per heavy atom. The zero-order valence-corrected chi connectivity index (χ0v) is 12.2. The van der Waals surface area contributed by atoms with Crippen LogP contribution in [0.5, 0.6) is 0 Å². The second kappa shape index (κ2) is 5.71. The van der Waals surface area contributed by atoms with Gasteiger partial charge in [0.25, 0.3) is 0 Å². The number of nitrogens with zero attached hydrogens (tertiary/aromatic N) is 2. The smallest absolute Gasteiger partial charge is 0.223 e. The lowest BCUT2D eigenvalue weighted by Gasteiger charge is -2.02. The molecule has 1 amide bonds. The quantitative estimate of drug-likeness (QED) is 0.919. The maximum Gasteiger partial charge on any atom is 0.223 e. The van der Waals surface area contributed by atoms with Gasteiger partial charge < -0.3 is 5.32 Å². The van der Waals surface area contributed by atoms with Gasteiger partial charge >= 0.3 is 0 Å². The van der Waals surface area contributed by atoms with Gasteiger partial charge in [-0.2, -0.15) is 0 Å². The van der Waals surface area contributed by atoms with Crippen molar-refractivity contribution in [3.8, 4) is 10.6 Å². The third-order valence-electron chi connectivity index (χ3n) is 3.40. The molecule has 104 valence electrons. The van der Waals surface area contributed by atoms with Crippen LogP contribution >= 0.6 is 11.3 Å². The van der Waals surface area contributed by atoms with Crippen molar-refractivity contribution < 1.29 is 4.79 Å². The SMILES string of the molecule is Cc1nc(-c2cccnc2)sc1CCNC(=O)C1CC1. The van der Waals surface area contributed by atoms with Gasteiger partial charge in [-0.25, -0.2) is 4.98 Å². The Labute approximate surface area is 122 Å². The molecule has 0 radical (unpaired) electrons. The normalized spacial score (nSPS) is 14.2. The average molecular weight is 287 g/mol. The van der Waals surface area contributed by atoms with Crippen LogP contribution in [0.25, 0.3) is 10.6 Å². The molecule has 2 heterocycles. The molecule has 5 heteroatoms. The van der Waals surface area contributed by atoms with Crippen LogP contribution in [0.3, 0.4) is 0 Å². The van der Waals surface area contributed by atoms with E-state index in [1.807, 2.05) is 25.3 Å². The number of hydrogen-bond acceptors (Lipinski definition) is 4. The van der Waals surface area contributed by atoms with E-state index in [1.165, 1.54) is 4.88 Å². The molecule has 1 N–H and O–H groups in total. The Bertz CT molecular complexity index is 605.